The zero-order chi connectivity index (χ0) is 21.2. The molecule has 0 spiro atoms. The molecule has 2 atom stereocenters. The van der Waals surface area contributed by atoms with E-state index in [1.807, 2.05) is 6.92 Å². The summed E-state index contributed by atoms with van der Waals surface area (Å²) in [4.78, 5) is 23.5. The van der Waals surface area contributed by atoms with Gasteiger partial charge in [-0.2, -0.15) is 0 Å². The van der Waals surface area contributed by atoms with Gasteiger partial charge in [0.25, 0.3) is 10.0 Å². The minimum Gasteiger partial charge on any atom is -0.347 e. The first-order valence-electron chi connectivity index (χ1n) is 8.82. The van der Waals surface area contributed by atoms with Crippen LogP contribution in [0.5, 0.6) is 0 Å². The van der Waals surface area contributed by atoms with Gasteiger partial charge in [-0.1, -0.05) is 36.2 Å². The number of benzene rings is 2. The van der Waals surface area contributed by atoms with Crippen molar-refractivity contribution in [2.75, 3.05) is 16.6 Å². The summed E-state index contributed by atoms with van der Waals surface area (Å²) in [5.41, 5.74) is 0.734. The summed E-state index contributed by atoms with van der Waals surface area (Å²) in [5, 5.41) is 5.25. The van der Waals surface area contributed by atoms with Crippen molar-refractivity contribution in [3.05, 3.63) is 52.5 Å². The normalized spacial score (nSPS) is 18.0. The summed E-state index contributed by atoms with van der Waals surface area (Å²) in [6.07, 6.45) is 0.851. The summed E-state index contributed by atoms with van der Waals surface area (Å²) in [5.74, 6) is -0.116. The first-order chi connectivity index (χ1) is 13.7. The Kier molecular flexibility index (Phi) is 6.36. The first-order valence-corrected chi connectivity index (χ1v) is 11.1. The third-order valence-electron chi connectivity index (χ3n) is 4.48. The molecule has 1 saturated carbocycles. The van der Waals surface area contributed by atoms with E-state index in [-0.39, 0.29) is 44.9 Å². The molecule has 1 aliphatic rings. The number of halogens is 2. The molecule has 0 radical (unpaired) electrons. The average Bonchev–Trinajstić information content (AvgIpc) is 3.37. The van der Waals surface area contributed by atoms with Crippen molar-refractivity contribution in [1.82, 2.24) is 5.32 Å². The molecule has 0 aromatic heterocycles. The molecule has 10 heteroatoms. The van der Waals surface area contributed by atoms with Crippen LogP contribution in [0.25, 0.3) is 0 Å². The van der Waals surface area contributed by atoms with Crippen LogP contribution < -0.4 is 15.4 Å². The Bertz CT molecular complexity index is 1020. The van der Waals surface area contributed by atoms with Crippen LogP contribution in [0.2, 0.25) is 10.0 Å². The fraction of sp³-hybridized carbons (Fsp3) is 0.263. The van der Waals surface area contributed by atoms with Crippen LogP contribution in [-0.2, 0) is 19.6 Å². The predicted molar refractivity (Wildman–Crippen MR) is 113 cm³/mol. The van der Waals surface area contributed by atoms with E-state index in [1.54, 1.807) is 6.07 Å². The van der Waals surface area contributed by atoms with E-state index >= 15 is 0 Å². The van der Waals surface area contributed by atoms with Crippen molar-refractivity contribution in [1.29, 1.82) is 0 Å². The standard InChI is InChI=1S/C19H19Cl2N3O4S/c1-11-9-14(11)19(26)22-10-17(25)23-12-5-7-13(8-6-12)24-29(27,28)18-15(20)3-2-4-16(18)21/h2-8,11,14,24H,9-10H2,1H3,(H,22,26)(H,23,25)/t11-,14-/m0/s1. The molecule has 1 fully saturated rings. The van der Waals surface area contributed by atoms with Crippen LogP contribution in [0, 0.1) is 11.8 Å². The second-order valence-electron chi connectivity index (χ2n) is 6.82. The smallest absolute Gasteiger partial charge is 0.264 e. The van der Waals surface area contributed by atoms with Gasteiger partial charge in [-0.25, -0.2) is 8.42 Å². The summed E-state index contributed by atoms with van der Waals surface area (Å²) in [7, 11) is -3.98. The molecule has 0 heterocycles. The molecule has 2 aromatic carbocycles. The molecular weight excluding hydrogens is 437 g/mol. The zero-order valence-corrected chi connectivity index (χ0v) is 17.7. The summed E-state index contributed by atoms with van der Waals surface area (Å²) in [6.45, 7) is 1.86. The highest BCUT2D eigenvalue weighted by molar-refractivity contribution is 7.93. The minimum atomic E-state index is -3.98. The second-order valence-corrected chi connectivity index (χ2v) is 9.25. The predicted octanol–water partition coefficient (Wildman–Crippen LogP) is 3.50. The summed E-state index contributed by atoms with van der Waals surface area (Å²) >= 11 is 11.9. The maximum atomic E-state index is 12.5. The quantitative estimate of drug-likeness (QED) is 0.593. The Balaban J connectivity index is 1.58. The Labute approximate surface area is 178 Å². The van der Waals surface area contributed by atoms with Gasteiger partial charge in [0.05, 0.1) is 16.6 Å². The van der Waals surface area contributed by atoms with Crippen LogP contribution in [0.4, 0.5) is 11.4 Å². The number of anilines is 2. The molecule has 1 aliphatic carbocycles. The molecule has 3 N–H and O–H groups in total. The van der Waals surface area contributed by atoms with Gasteiger partial charge < -0.3 is 10.6 Å². The van der Waals surface area contributed by atoms with Gasteiger partial charge in [0, 0.05) is 17.3 Å². The van der Waals surface area contributed by atoms with E-state index in [1.165, 1.54) is 36.4 Å². The zero-order valence-electron chi connectivity index (χ0n) is 15.4. The van der Waals surface area contributed by atoms with Crippen molar-refractivity contribution < 1.29 is 18.0 Å². The maximum Gasteiger partial charge on any atom is 0.264 e. The summed E-state index contributed by atoms with van der Waals surface area (Å²) in [6, 6.07) is 10.5. The molecule has 7 nitrogen and oxygen atoms in total. The topological polar surface area (TPSA) is 104 Å². The van der Waals surface area contributed by atoms with Crippen LogP contribution in [0.3, 0.4) is 0 Å². The van der Waals surface area contributed by atoms with Gasteiger partial charge in [-0.05, 0) is 48.7 Å². The largest absolute Gasteiger partial charge is 0.347 e. The van der Waals surface area contributed by atoms with Crippen molar-refractivity contribution in [2.45, 2.75) is 18.2 Å². The maximum absolute atomic E-state index is 12.5. The minimum absolute atomic E-state index is 0.00160. The van der Waals surface area contributed by atoms with Gasteiger partial charge >= 0.3 is 0 Å². The molecule has 3 rings (SSSR count). The number of amides is 2. The number of hydrogen-bond donors (Lipinski definition) is 3. The van der Waals surface area contributed by atoms with Gasteiger partial charge in [-0.3, -0.25) is 14.3 Å². The van der Waals surface area contributed by atoms with Crippen molar-refractivity contribution >= 4 is 56.4 Å². The molecule has 2 aromatic rings. The lowest BCUT2D eigenvalue weighted by atomic mass is 10.3. The monoisotopic (exact) mass is 455 g/mol. The Morgan fingerprint density at radius 2 is 1.59 bits per heavy atom. The van der Waals surface area contributed by atoms with E-state index < -0.39 is 10.0 Å². The van der Waals surface area contributed by atoms with Gasteiger partial charge in [0.2, 0.25) is 11.8 Å². The van der Waals surface area contributed by atoms with Crippen LogP contribution in [-0.4, -0.2) is 26.8 Å². The molecule has 154 valence electrons. The van der Waals surface area contributed by atoms with E-state index in [0.717, 1.165) is 6.42 Å². The molecule has 0 saturated heterocycles. The highest BCUT2D eigenvalue weighted by Gasteiger charge is 2.38. The number of sulfonamides is 1. The average molecular weight is 456 g/mol. The highest BCUT2D eigenvalue weighted by Crippen LogP contribution is 2.37. The molecular formula is C19H19Cl2N3O4S. The highest BCUT2D eigenvalue weighted by atomic mass is 35.5. The number of carbonyl (C=O) groups excluding carboxylic acids is 2. The van der Waals surface area contributed by atoms with Gasteiger partial charge in [0.15, 0.2) is 0 Å². The lowest BCUT2D eigenvalue weighted by molar-refractivity contribution is -0.125. The van der Waals surface area contributed by atoms with Crippen molar-refractivity contribution in [2.24, 2.45) is 11.8 Å². The summed E-state index contributed by atoms with van der Waals surface area (Å²) < 4.78 is 27.5. The number of nitrogens with one attached hydrogen (secondary N) is 3. The number of hydrogen-bond acceptors (Lipinski definition) is 4. The fourth-order valence-electron chi connectivity index (χ4n) is 2.76. The lowest BCUT2D eigenvalue weighted by Crippen LogP contribution is -2.34. The van der Waals surface area contributed by atoms with Crippen molar-refractivity contribution in [3.63, 3.8) is 0 Å². The van der Waals surface area contributed by atoms with E-state index in [9.17, 15) is 18.0 Å². The Hall–Kier alpha value is -2.29. The first kappa shape index (κ1) is 21.4. The molecule has 0 bridgehead atoms. The SMILES string of the molecule is C[C@H]1C[C@@H]1C(=O)NCC(=O)Nc1ccc(NS(=O)(=O)c2c(Cl)cccc2Cl)cc1. The van der Waals surface area contributed by atoms with Gasteiger partial charge in [-0.15, -0.1) is 0 Å². The van der Waals surface area contributed by atoms with Crippen LogP contribution in [0.15, 0.2) is 47.4 Å². The van der Waals surface area contributed by atoms with Crippen LogP contribution in [0.1, 0.15) is 13.3 Å². The third kappa shape index (κ3) is 5.41. The molecule has 2 amide bonds. The Morgan fingerprint density at radius 3 is 2.14 bits per heavy atom. The van der Waals surface area contributed by atoms with E-state index in [2.05, 4.69) is 15.4 Å². The van der Waals surface area contributed by atoms with Gasteiger partial charge in [0.1, 0.15) is 4.90 Å². The molecule has 0 aliphatic heterocycles. The van der Waals surface area contributed by atoms with E-state index in [4.69, 9.17) is 23.2 Å². The fourth-order valence-corrected chi connectivity index (χ4v) is 4.96. The lowest BCUT2D eigenvalue weighted by Gasteiger charge is -2.12. The third-order valence-corrected chi connectivity index (χ3v) is 6.81. The van der Waals surface area contributed by atoms with Crippen molar-refractivity contribution in [3.8, 4) is 0 Å². The van der Waals surface area contributed by atoms with Crippen LogP contribution >= 0.6 is 23.2 Å². The van der Waals surface area contributed by atoms with E-state index in [0.29, 0.717) is 11.6 Å². The molecule has 0 unspecified atom stereocenters. The molecule has 29 heavy (non-hydrogen) atoms. The number of rotatable bonds is 7. The number of carbonyl (C=O) groups is 2. The second kappa shape index (κ2) is 8.61. The Morgan fingerprint density at radius 1 is 1.03 bits per heavy atom.